The molecule has 0 aromatic heterocycles. The van der Waals surface area contributed by atoms with Crippen molar-refractivity contribution in [3.8, 4) is 0 Å². The van der Waals surface area contributed by atoms with Crippen LogP contribution in [0.25, 0.3) is 0 Å². The third-order valence-electron chi connectivity index (χ3n) is 3.98. The number of likely N-dealkylation sites (tertiary alicyclic amines) is 1. The first-order chi connectivity index (χ1) is 10.6. The number of carbonyl (C=O) groups is 2. The fourth-order valence-electron chi connectivity index (χ4n) is 2.64. The van der Waals surface area contributed by atoms with E-state index in [0.717, 1.165) is 11.1 Å². The Labute approximate surface area is 130 Å². The lowest BCUT2D eigenvalue weighted by Crippen LogP contribution is -2.45. The predicted octanol–water partition coefficient (Wildman–Crippen LogP) is 1.84. The van der Waals surface area contributed by atoms with Crippen molar-refractivity contribution in [3.63, 3.8) is 0 Å². The molecule has 0 atom stereocenters. The standard InChI is InChI=1S/C16H22N2O4/c1-22-11-14-5-3-2-4-13(14)10-17-16(21)18-8-6-12(7-9-18)15(19)20/h2-5,12H,6-11H2,1H3,(H,17,21)(H,19,20). The van der Waals surface area contributed by atoms with Crippen LogP contribution in [-0.2, 0) is 22.7 Å². The summed E-state index contributed by atoms with van der Waals surface area (Å²) >= 11 is 0. The molecule has 2 rings (SSSR count). The van der Waals surface area contributed by atoms with Gasteiger partial charge in [-0.3, -0.25) is 4.79 Å². The van der Waals surface area contributed by atoms with E-state index in [9.17, 15) is 9.59 Å². The van der Waals surface area contributed by atoms with E-state index in [1.54, 1.807) is 12.0 Å². The minimum atomic E-state index is -0.770. The minimum absolute atomic E-state index is 0.143. The van der Waals surface area contributed by atoms with E-state index >= 15 is 0 Å². The zero-order valence-corrected chi connectivity index (χ0v) is 12.7. The second-order valence-corrected chi connectivity index (χ2v) is 5.46. The van der Waals surface area contributed by atoms with Crippen molar-refractivity contribution in [2.24, 2.45) is 5.92 Å². The maximum Gasteiger partial charge on any atom is 0.317 e. The first-order valence-electron chi connectivity index (χ1n) is 7.43. The number of amides is 2. The van der Waals surface area contributed by atoms with Crippen molar-refractivity contribution in [1.82, 2.24) is 10.2 Å². The summed E-state index contributed by atoms with van der Waals surface area (Å²) in [6.45, 7) is 1.93. The first kappa shape index (κ1) is 16.3. The van der Waals surface area contributed by atoms with Crippen LogP contribution >= 0.6 is 0 Å². The molecule has 1 aliphatic rings. The summed E-state index contributed by atoms with van der Waals surface area (Å²) in [4.78, 5) is 24.7. The quantitative estimate of drug-likeness (QED) is 0.870. The van der Waals surface area contributed by atoms with E-state index in [1.165, 1.54) is 0 Å². The van der Waals surface area contributed by atoms with Gasteiger partial charge in [-0.25, -0.2) is 4.79 Å². The van der Waals surface area contributed by atoms with Crippen molar-refractivity contribution < 1.29 is 19.4 Å². The highest BCUT2D eigenvalue weighted by atomic mass is 16.5. The predicted molar refractivity (Wildman–Crippen MR) is 81.3 cm³/mol. The number of carboxylic acid groups (broad SMARTS) is 1. The van der Waals surface area contributed by atoms with Crippen molar-refractivity contribution in [3.05, 3.63) is 35.4 Å². The maximum absolute atomic E-state index is 12.2. The zero-order chi connectivity index (χ0) is 15.9. The number of carboxylic acids is 1. The molecule has 0 radical (unpaired) electrons. The summed E-state index contributed by atoms with van der Waals surface area (Å²) in [6.07, 6.45) is 1.03. The van der Waals surface area contributed by atoms with E-state index in [-0.39, 0.29) is 11.9 Å². The second kappa shape index (κ2) is 7.79. The maximum atomic E-state index is 12.2. The SMILES string of the molecule is COCc1ccccc1CNC(=O)N1CCC(C(=O)O)CC1. The van der Waals surface area contributed by atoms with Gasteiger partial charge >= 0.3 is 12.0 Å². The smallest absolute Gasteiger partial charge is 0.317 e. The molecule has 1 fully saturated rings. The molecule has 120 valence electrons. The Morgan fingerprint density at radius 1 is 1.27 bits per heavy atom. The molecule has 6 nitrogen and oxygen atoms in total. The van der Waals surface area contributed by atoms with Gasteiger partial charge < -0.3 is 20.1 Å². The van der Waals surface area contributed by atoms with Gasteiger partial charge in [-0.15, -0.1) is 0 Å². The number of ether oxygens (including phenoxy) is 1. The topological polar surface area (TPSA) is 78.9 Å². The monoisotopic (exact) mass is 306 g/mol. The normalized spacial score (nSPS) is 15.6. The summed E-state index contributed by atoms with van der Waals surface area (Å²) in [6, 6.07) is 7.67. The number of hydrogen-bond donors (Lipinski definition) is 2. The number of nitrogens with zero attached hydrogens (tertiary/aromatic N) is 1. The number of nitrogens with one attached hydrogen (secondary N) is 1. The van der Waals surface area contributed by atoms with Crippen molar-refractivity contribution in [1.29, 1.82) is 0 Å². The Morgan fingerprint density at radius 2 is 1.91 bits per heavy atom. The second-order valence-electron chi connectivity index (χ2n) is 5.46. The third-order valence-corrected chi connectivity index (χ3v) is 3.98. The van der Waals surface area contributed by atoms with Crippen LogP contribution in [-0.4, -0.2) is 42.2 Å². The van der Waals surface area contributed by atoms with E-state index in [1.807, 2.05) is 24.3 Å². The first-order valence-corrected chi connectivity index (χ1v) is 7.43. The average molecular weight is 306 g/mol. The lowest BCUT2D eigenvalue weighted by Gasteiger charge is -2.30. The molecule has 2 amide bonds. The van der Waals surface area contributed by atoms with Crippen LogP contribution in [0.4, 0.5) is 4.79 Å². The largest absolute Gasteiger partial charge is 0.481 e. The summed E-state index contributed by atoms with van der Waals surface area (Å²) in [5, 5.41) is 11.9. The Kier molecular flexibility index (Phi) is 5.77. The molecule has 1 aromatic rings. The number of rotatable bonds is 5. The lowest BCUT2D eigenvalue weighted by molar-refractivity contribution is -0.143. The zero-order valence-electron chi connectivity index (χ0n) is 12.7. The van der Waals surface area contributed by atoms with Crippen LogP contribution < -0.4 is 5.32 Å². The highest BCUT2D eigenvalue weighted by Gasteiger charge is 2.26. The van der Waals surface area contributed by atoms with Gasteiger partial charge in [0.15, 0.2) is 0 Å². The van der Waals surface area contributed by atoms with Gasteiger partial charge in [-0.05, 0) is 24.0 Å². The van der Waals surface area contributed by atoms with Crippen LogP contribution in [0.2, 0.25) is 0 Å². The molecule has 2 N–H and O–H groups in total. The highest BCUT2D eigenvalue weighted by molar-refractivity contribution is 5.75. The molecule has 1 saturated heterocycles. The number of piperidine rings is 1. The Hall–Kier alpha value is -2.08. The van der Waals surface area contributed by atoms with E-state index < -0.39 is 5.97 Å². The van der Waals surface area contributed by atoms with E-state index in [2.05, 4.69) is 5.32 Å². The number of carbonyl (C=O) groups excluding carboxylic acids is 1. The molecule has 0 saturated carbocycles. The molecule has 1 heterocycles. The number of hydrogen-bond acceptors (Lipinski definition) is 3. The van der Waals surface area contributed by atoms with E-state index in [0.29, 0.717) is 39.1 Å². The molecule has 6 heteroatoms. The van der Waals surface area contributed by atoms with Crippen molar-refractivity contribution in [2.75, 3.05) is 20.2 Å². The molecule has 0 unspecified atom stereocenters. The van der Waals surface area contributed by atoms with Crippen LogP contribution in [0, 0.1) is 5.92 Å². The van der Waals surface area contributed by atoms with Crippen molar-refractivity contribution in [2.45, 2.75) is 26.0 Å². The number of urea groups is 1. The third kappa shape index (κ3) is 4.21. The van der Waals surface area contributed by atoms with Gasteiger partial charge in [0.2, 0.25) is 0 Å². The van der Waals surface area contributed by atoms with Gasteiger partial charge in [0, 0.05) is 26.7 Å². The Balaban J connectivity index is 1.85. The van der Waals surface area contributed by atoms with Crippen LogP contribution in [0.3, 0.4) is 0 Å². The van der Waals surface area contributed by atoms with Gasteiger partial charge in [-0.1, -0.05) is 24.3 Å². The molecule has 1 aromatic carbocycles. The van der Waals surface area contributed by atoms with Crippen LogP contribution in [0.15, 0.2) is 24.3 Å². The molecule has 22 heavy (non-hydrogen) atoms. The van der Waals surface area contributed by atoms with Crippen molar-refractivity contribution >= 4 is 12.0 Å². The number of aliphatic carboxylic acids is 1. The Bertz CT molecular complexity index is 525. The van der Waals surface area contributed by atoms with E-state index in [4.69, 9.17) is 9.84 Å². The summed E-state index contributed by atoms with van der Waals surface area (Å²) < 4.78 is 5.15. The summed E-state index contributed by atoms with van der Waals surface area (Å²) in [7, 11) is 1.64. The van der Waals surface area contributed by atoms with Crippen LogP contribution in [0.1, 0.15) is 24.0 Å². The molecule has 0 spiro atoms. The minimum Gasteiger partial charge on any atom is -0.481 e. The molecular formula is C16H22N2O4. The highest BCUT2D eigenvalue weighted by Crippen LogP contribution is 2.17. The number of benzene rings is 1. The molecular weight excluding hydrogens is 284 g/mol. The molecule has 0 bridgehead atoms. The van der Waals surface area contributed by atoms with Gasteiger partial charge in [0.1, 0.15) is 0 Å². The molecule has 1 aliphatic heterocycles. The van der Waals surface area contributed by atoms with Gasteiger partial charge in [0.05, 0.1) is 12.5 Å². The van der Waals surface area contributed by atoms with Crippen LogP contribution in [0.5, 0.6) is 0 Å². The summed E-state index contributed by atoms with van der Waals surface area (Å²) in [5.74, 6) is -1.10. The fraction of sp³-hybridized carbons (Fsp3) is 0.500. The summed E-state index contributed by atoms with van der Waals surface area (Å²) in [5.41, 5.74) is 2.08. The number of methoxy groups -OCH3 is 1. The van der Waals surface area contributed by atoms with Gasteiger partial charge in [-0.2, -0.15) is 0 Å². The lowest BCUT2D eigenvalue weighted by atomic mass is 9.97. The Morgan fingerprint density at radius 3 is 2.50 bits per heavy atom. The average Bonchev–Trinajstić information content (AvgIpc) is 2.54. The van der Waals surface area contributed by atoms with Gasteiger partial charge in [0.25, 0.3) is 0 Å². The fourth-order valence-corrected chi connectivity index (χ4v) is 2.64. The molecule has 0 aliphatic carbocycles.